The Bertz CT molecular complexity index is 564. The monoisotopic (exact) mass is 270 g/mol. The minimum atomic E-state index is -4.42. The van der Waals surface area contributed by atoms with Crippen LogP contribution in [0.15, 0.2) is 42.6 Å². The number of alkyl halides is 3. The topological polar surface area (TPSA) is 38.9 Å². The van der Waals surface area contributed by atoms with Gasteiger partial charge < -0.3 is 5.73 Å². The number of benzene rings is 1. The maximum Gasteiger partial charge on any atom is 0.416 e. The van der Waals surface area contributed by atoms with Crippen molar-refractivity contribution in [3.63, 3.8) is 0 Å². The third-order valence-electron chi connectivity index (χ3n) is 2.64. The fraction of sp³-hybridized carbons (Fsp3) is 0.154. The summed E-state index contributed by atoms with van der Waals surface area (Å²) in [6.07, 6.45) is -3.45. The first-order chi connectivity index (χ1) is 8.88. The summed E-state index contributed by atoms with van der Waals surface area (Å²) in [5.41, 5.74) is 5.63. The Kier molecular flexibility index (Phi) is 3.53. The van der Waals surface area contributed by atoms with Crippen LogP contribution in [0.4, 0.5) is 17.6 Å². The Balaban J connectivity index is 2.34. The van der Waals surface area contributed by atoms with Gasteiger partial charge in [0.15, 0.2) is 0 Å². The molecule has 0 fully saturated rings. The molecule has 1 unspecified atom stereocenters. The van der Waals surface area contributed by atoms with E-state index in [2.05, 4.69) is 4.98 Å². The molecule has 2 aromatic rings. The van der Waals surface area contributed by atoms with E-state index < -0.39 is 23.6 Å². The normalized spacial score (nSPS) is 13.3. The predicted octanol–water partition coefficient (Wildman–Crippen LogP) is 3.29. The quantitative estimate of drug-likeness (QED) is 0.850. The van der Waals surface area contributed by atoms with Crippen molar-refractivity contribution in [2.75, 3.05) is 0 Å². The van der Waals surface area contributed by atoms with Crippen LogP contribution in [0.3, 0.4) is 0 Å². The zero-order valence-electron chi connectivity index (χ0n) is 9.66. The van der Waals surface area contributed by atoms with Gasteiger partial charge in [-0.3, -0.25) is 4.98 Å². The number of nitrogens with zero attached hydrogens (tertiary/aromatic N) is 1. The Morgan fingerprint density at radius 2 is 1.84 bits per heavy atom. The van der Waals surface area contributed by atoms with Gasteiger partial charge in [-0.05, 0) is 29.8 Å². The van der Waals surface area contributed by atoms with Crippen molar-refractivity contribution in [1.29, 1.82) is 0 Å². The average Bonchev–Trinajstić information content (AvgIpc) is 2.38. The maximum atomic E-state index is 12.7. The zero-order chi connectivity index (χ0) is 14.0. The van der Waals surface area contributed by atoms with Gasteiger partial charge in [0.05, 0.1) is 23.5 Å². The smallest absolute Gasteiger partial charge is 0.319 e. The molecule has 0 bridgehead atoms. The Hall–Kier alpha value is -1.95. The van der Waals surface area contributed by atoms with Gasteiger partial charge in [-0.25, -0.2) is 4.39 Å². The molecule has 0 radical (unpaired) electrons. The SMILES string of the molecule is NC(c1cccc(C(F)(F)F)c1)c1ccc(F)cn1. The Labute approximate surface area is 106 Å². The lowest BCUT2D eigenvalue weighted by Crippen LogP contribution is -2.15. The highest BCUT2D eigenvalue weighted by Gasteiger charge is 2.30. The highest BCUT2D eigenvalue weighted by Crippen LogP contribution is 2.31. The number of halogens is 4. The lowest BCUT2D eigenvalue weighted by Gasteiger charge is -2.14. The van der Waals surface area contributed by atoms with Crippen molar-refractivity contribution < 1.29 is 17.6 Å². The van der Waals surface area contributed by atoms with Gasteiger partial charge in [-0.1, -0.05) is 12.1 Å². The summed E-state index contributed by atoms with van der Waals surface area (Å²) in [6.45, 7) is 0. The first-order valence-electron chi connectivity index (χ1n) is 5.42. The first kappa shape index (κ1) is 13.5. The van der Waals surface area contributed by atoms with E-state index >= 15 is 0 Å². The van der Waals surface area contributed by atoms with Gasteiger partial charge in [0.25, 0.3) is 0 Å². The van der Waals surface area contributed by atoms with Crippen molar-refractivity contribution in [1.82, 2.24) is 4.98 Å². The molecule has 1 aromatic carbocycles. The molecule has 1 atom stereocenters. The minimum Gasteiger partial charge on any atom is -0.319 e. The van der Waals surface area contributed by atoms with Crippen LogP contribution in [0.1, 0.15) is 22.9 Å². The summed E-state index contributed by atoms with van der Waals surface area (Å²) < 4.78 is 50.5. The summed E-state index contributed by atoms with van der Waals surface area (Å²) in [4.78, 5) is 3.77. The van der Waals surface area contributed by atoms with Crippen LogP contribution in [-0.2, 0) is 6.18 Å². The molecule has 0 saturated carbocycles. The van der Waals surface area contributed by atoms with Gasteiger partial charge in [-0.2, -0.15) is 13.2 Å². The summed E-state index contributed by atoms with van der Waals surface area (Å²) in [7, 11) is 0. The molecular weight excluding hydrogens is 260 g/mol. The van der Waals surface area contributed by atoms with Crippen LogP contribution >= 0.6 is 0 Å². The Morgan fingerprint density at radius 1 is 1.11 bits per heavy atom. The van der Waals surface area contributed by atoms with E-state index in [9.17, 15) is 17.6 Å². The zero-order valence-corrected chi connectivity index (χ0v) is 9.66. The van der Waals surface area contributed by atoms with E-state index in [0.717, 1.165) is 24.4 Å². The van der Waals surface area contributed by atoms with Crippen LogP contribution in [0.25, 0.3) is 0 Å². The molecule has 2 rings (SSSR count). The van der Waals surface area contributed by atoms with Crippen molar-refractivity contribution in [3.05, 3.63) is 65.2 Å². The molecule has 0 aliphatic heterocycles. The van der Waals surface area contributed by atoms with Gasteiger partial charge in [0.2, 0.25) is 0 Å². The first-order valence-corrected chi connectivity index (χ1v) is 5.42. The van der Waals surface area contributed by atoms with E-state index in [0.29, 0.717) is 5.69 Å². The molecule has 0 spiro atoms. The van der Waals surface area contributed by atoms with Crippen molar-refractivity contribution >= 4 is 0 Å². The molecule has 1 aromatic heterocycles. The third-order valence-corrected chi connectivity index (χ3v) is 2.64. The van der Waals surface area contributed by atoms with E-state index in [-0.39, 0.29) is 5.56 Å². The van der Waals surface area contributed by atoms with E-state index in [1.54, 1.807) is 0 Å². The molecule has 100 valence electrons. The predicted molar refractivity (Wildman–Crippen MR) is 61.7 cm³/mol. The molecule has 2 N–H and O–H groups in total. The van der Waals surface area contributed by atoms with E-state index in [4.69, 9.17) is 5.73 Å². The largest absolute Gasteiger partial charge is 0.416 e. The lowest BCUT2D eigenvalue weighted by molar-refractivity contribution is -0.137. The second kappa shape index (κ2) is 4.97. The second-order valence-corrected chi connectivity index (χ2v) is 4.00. The maximum absolute atomic E-state index is 12.7. The number of hydrogen-bond donors (Lipinski definition) is 1. The molecule has 0 saturated heterocycles. The molecule has 0 aliphatic rings. The van der Waals surface area contributed by atoms with Crippen LogP contribution in [-0.4, -0.2) is 4.98 Å². The third kappa shape index (κ3) is 3.08. The number of pyridine rings is 1. The molecule has 2 nitrogen and oxygen atoms in total. The fourth-order valence-corrected chi connectivity index (χ4v) is 1.65. The average molecular weight is 270 g/mol. The summed E-state index contributed by atoms with van der Waals surface area (Å²) >= 11 is 0. The highest BCUT2D eigenvalue weighted by atomic mass is 19.4. The highest BCUT2D eigenvalue weighted by molar-refractivity contribution is 5.32. The molecule has 19 heavy (non-hydrogen) atoms. The van der Waals surface area contributed by atoms with E-state index in [1.165, 1.54) is 18.2 Å². The molecule has 0 aliphatic carbocycles. The van der Waals surface area contributed by atoms with Crippen LogP contribution < -0.4 is 5.73 Å². The summed E-state index contributed by atoms with van der Waals surface area (Å²) in [5, 5.41) is 0. The second-order valence-electron chi connectivity index (χ2n) is 4.00. The van der Waals surface area contributed by atoms with Crippen LogP contribution in [0.5, 0.6) is 0 Å². The van der Waals surface area contributed by atoms with Gasteiger partial charge in [0.1, 0.15) is 5.82 Å². The molecular formula is C13H10F4N2. The fourth-order valence-electron chi connectivity index (χ4n) is 1.65. The molecule has 1 heterocycles. The van der Waals surface area contributed by atoms with Crippen molar-refractivity contribution in [3.8, 4) is 0 Å². The lowest BCUT2D eigenvalue weighted by atomic mass is 10.0. The van der Waals surface area contributed by atoms with Crippen molar-refractivity contribution in [2.24, 2.45) is 5.73 Å². The van der Waals surface area contributed by atoms with E-state index in [1.807, 2.05) is 0 Å². The van der Waals surface area contributed by atoms with Gasteiger partial charge in [-0.15, -0.1) is 0 Å². The van der Waals surface area contributed by atoms with Gasteiger partial charge >= 0.3 is 6.18 Å². The minimum absolute atomic E-state index is 0.272. The van der Waals surface area contributed by atoms with Gasteiger partial charge in [0, 0.05) is 0 Å². The van der Waals surface area contributed by atoms with Crippen LogP contribution in [0, 0.1) is 5.82 Å². The standard InChI is InChI=1S/C13H10F4N2/c14-10-4-5-11(19-7-10)12(18)8-2-1-3-9(6-8)13(15,16)17/h1-7,12H,18H2. The number of hydrogen-bond acceptors (Lipinski definition) is 2. The number of rotatable bonds is 2. The summed E-state index contributed by atoms with van der Waals surface area (Å²) in [5.74, 6) is -0.528. The number of aromatic nitrogens is 1. The molecule has 6 heteroatoms. The summed E-state index contributed by atoms with van der Waals surface area (Å²) in [6, 6.07) is 6.37. The van der Waals surface area contributed by atoms with Crippen molar-refractivity contribution in [2.45, 2.75) is 12.2 Å². The number of nitrogens with two attached hydrogens (primary N) is 1. The van der Waals surface area contributed by atoms with Crippen LogP contribution in [0.2, 0.25) is 0 Å². The Morgan fingerprint density at radius 3 is 2.42 bits per heavy atom. The molecule has 0 amide bonds.